The Hall–Kier alpha value is -3.59. The SMILES string of the molecule is CC1CCC(C(=O)N(c2cc(-c3ccc(NC(=O)c4ncccc4F)cc3)sc2C(=O)O)C(C)C)CC1. The summed E-state index contributed by atoms with van der Waals surface area (Å²) in [5.41, 5.74) is 1.29. The highest BCUT2D eigenvalue weighted by molar-refractivity contribution is 7.18. The minimum absolute atomic E-state index is 0.0198. The number of hydrogen-bond acceptors (Lipinski definition) is 5. The third kappa shape index (κ3) is 5.88. The summed E-state index contributed by atoms with van der Waals surface area (Å²) < 4.78 is 13.9. The molecule has 7 nitrogen and oxygen atoms in total. The van der Waals surface area contributed by atoms with E-state index in [0.29, 0.717) is 22.2 Å². The fraction of sp³-hybridized carbons (Fsp3) is 0.357. The average Bonchev–Trinajstić information content (AvgIpc) is 3.30. The number of rotatable bonds is 7. The van der Waals surface area contributed by atoms with Crippen LogP contribution in [0, 0.1) is 17.7 Å². The number of carbonyl (C=O) groups excluding carboxylic acids is 2. The van der Waals surface area contributed by atoms with Gasteiger partial charge in [-0.3, -0.25) is 9.59 Å². The third-order valence-electron chi connectivity index (χ3n) is 6.69. The lowest BCUT2D eigenvalue weighted by Gasteiger charge is -2.33. The second kappa shape index (κ2) is 11.2. The fourth-order valence-electron chi connectivity index (χ4n) is 4.67. The molecular formula is C28H30FN3O4S. The number of halogens is 1. The van der Waals surface area contributed by atoms with Gasteiger partial charge >= 0.3 is 5.97 Å². The molecule has 4 rings (SSSR count). The molecule has 194 valence electrons. The number of carbonyl (C=O) groups is 3. The fourth-order valence-corrected chi connectivity index (χ4v) is 5.67. The molecule has 1 fully saturated rings. The molecule has 0 bridgehead atoms. The quantitative estimate of drug-likeness (QED) is 0.370. The van der Waals surface area contributed by atoms with Gasteiger partial charge in [0.1, 0.15) is 4.88 Å². The molecule has 9 heteroatoms. The molecule has 0 aliphatic heterocycles. The zero-order valence-corrected chi connectivity index (χ0v) is 21.8. The van der Waals surface area contributed by atoms with Crippen LogP contribution in [0.5, 0.6) is 0 Å². The second-order valence-corrected chi connectivity index (χ2v) is 10.8. The lowest BCUT2D eigenvalue weighted by atomic mass is 9.82. The van der Waals surface area contributed by atoms with Crippen molar-refractivity contribution in [2.45, 2.75) is 52.5 Å². The van der Waals surface area contributed by atoms with E-state index >= 15 is 0 Å². The number of thiophene rings is 1. The van der Waals surface area contributed by atoms with E-state index in [2.05, 4.69) is 17.2 Å². The molecule has 37 heavy (non-hydrogen) atoms. The standard InChI is InChI=1S/C28H30FN3O4S/c1-16(2)32(27(34)19-8-6-17(3)7-9-19)22-15-23(37-25(22)28(35)36)18-10-12-20(13-11-18)31-26(33)24-21(29)5-4-14-30-24/h4-5,10-17,19H,6-9H2,1-3H3,(H,31,33)(H,35,36). The highest BCUT2D eigenvalue weighted by atomic mass is 32.1. The monoisotopic (exact) mass is 523 g/mol. The van der Waals surface area contributed by atoms with Crippen LogP contribution in [0.15, 0.2) is 48.7 Å². The average molecular weight is 524 g/mol. The molecular weight excluding hydrogens is 493 g/mol. The van der Waals surface area contributed by atoms with Crippen LogP contribution in [0.2, 0.25) is 0 Å². The van der Waals surface area contributed by atoms with Crippen molar-refractivity contribution in [1.82, 2.24) is 4.98 Å². The zero-order chi connectivity index (χ0) is 26.7. The van der Waals surface area contributed by atoms with E-state index in [0.717, 1.165) is 42.6 Å². The number of anilines is 2. The maximum absolute atomic E-state index is 13.9. The van der Waals surface area contributed by atoms with Gasteiger partial charge in [0, 0.05) is 28.7 Å². The number of amides is 2. The first-order chi connectivity index (χ1) is 17.7. The number of aromatic carboxylic acids is 1. The summed E-state index contributed by atoms with van der Waals surface area (Å²) in [6.45, 7) is 5.99. The number of carboxylic acid groups (broad SMARTS) is 1. The Balaban J connectivity index is 1.58. The van der Waals surface area contributed by atoms with E-state index in [-0.39, 0.29) is 28.4 Å². The molecule has 0 radical (unpaired) electrons. The summed E-state index contributed by atoms with van der Waals surface area (Å²) in [6.07, 6.45) is 4.98. The molecule has 1 aliphatic carbocycles. The van der Waals surface area contributed by atoms with Crippen LogP contribution in [-0.2, 0) is 4.79 Å². The van der Waals surface area contributed by atoms with E-state index in [9.17, 15) is 23.9 Å². The molecule has 0 atom stereocenters. The molecule has 2 amide bonds. The number of hydrogen-bond donors (Lipinski definition) is 2. The summed E-state index contributed by atoms with van der Waals surface area (Å²) in [5, 5.41) is 12.6. The number of pyridine rings is 1. The molecule has 0 spiro atoms. The van der Waals surface area contributed by atoms with Gasteiger partial charge in [-0.1, -0.05) is 19.1 Å². The smallest absolute Gasteiger partial charge is 0.348 e. The van der Waals surface area contributed by atoms with Crippen LogP contribution < -0.4 is 10.2 Å². The van der Waals surface area contributed by atoms with Crippen LogP contribution in [0.1, 0.15) is 66.6 Å². The summed E-state index contributed by atoms with van der Waals surface area (Å²) in [4.78, 5) is 44.3. The summed E-state index contributed by atoms with van der Waals surface area (Å²) in [6, 6.07) is 10.9. The Morgan fingerprint density at radius 3 is 2.38 bits per heavy atom. The zero-order valence-electron chi connectivity index (χ0n) is 21.0. The molecule has 0 saturated heterocycles. The Morgan fingerprint density at radius 1 is 1.11 bits per heavy atom. The second-order valence-electron chi connectivity index (χ2n) is 9.75. The van der Waals surface area contributed by atoms with Crippen LogP contribution in [0.3, 0.4) is 0 Å². The first-order valence-corrected chi connectivity index (χ1v) is 13.2. The van der Waals surface area contributed by atoms with Crippen molar-refractivity contribution in [2.24, 2.45) is 11.8 Å². The highest BCUT2D eigenvalue weighted by Crippen LogP contribution is 2.40. The van der Waals surface area contributed by atoms with Gasteiger partial charge < -0.3 is 15.3 Å². The molecule has 1 aliphatic rings. The van der Waals surface area contributed by atoms with Gasteiger partial charge in [0.15, 0.2) is 11.5 Å². The molecule has 2 N–H and O–H groups in total. The molecule has 2 aromatic heterocycles. The maximum atomic E-state index is 13.9. The van der Waals surface area contributed by atoms with Gasteiger partial charge in [-0.05, 0) is 81.3 Å². The van der Waals surface area contributed by atoms with Gasteiger partial charge in [-0.25, -0.2) is 14.2 Å². The van der Waals surface area contributed by atoms with Gasteiger partial charge in [0.25, 0.3) is 5.91 Å². The molecule has 1 saturated carbocycles. The van der Waals surface area contributed by atoms with E-state index in [1.54, 1.807) is 35.2 Å². The molecule has 3 aromatic rings. The van der Waals surface area contributed by atoms with Gasteiger partial charge in [-0.2, -0.15) is 0 Å². The van der Waals surface area contributed by atoms with Crippen molar-refractivity contribution in [3.63, 3.8) is 0 Å². The van der Waals surface area contributed by atoms with Crippen molar-refractivity contribution in [2.75, 3.05) is 10.2 Å². The number of nitrogens with one attached hydrogen (secondary N) is 1. The normalized spacial score (nSPS) is 17.4. The van der Waals surface area contributed by atoms with E-state index in [1.165, 1.54) is 18.3 Å². The van der Waals surface area contributed by atoms with Gasteiger partial charge in [0.2, 0.25) is 5.91 Å². The van der Waals surface area contributed by atoms with Gasteiger partial charge in [0.05, 0.1) is 5.69 Å². The van der Waals surface area contributed by atoms with E-state index < -0.39 is 17.7 Å². The highest BCUT2D eigenvalue weighted by Gasteiger charge is 2.33. The predicted octanol–water partition coefficient (Wildman–Crippen LogP) is 6.47. The van der Waals surface area contributed by atoms with Crippen LogP contribution in [0.4, 0.5) is 15.8 Å². The lowest BCUT2D eigenvalue weighted by molar-refractivity contribution is -0.123. The van der Waals surface area contributed by atoms with Crippen LogP contribution in [-0.4, -0.2) is 33.9 Å². The topological polar surface area (TPSA) is 99.6 Å². The minimum Gasteiger partial charge on any atom is -0.477 e. The first kappa shape index (κ1) is 26.5. The Kier molecular flexibility index (Phi) is 8.02. The number of benzene rings is 1. The first-order valence-electron chi connectivity index (χ1n) is 12.4. The minimum atomic E-state index is -1.08. The lowest BCUT2D eigenvalue weighted by Crippen LogP contribution is -2.42. The van der Waals surface area contributed by atoms with Crippen molar-refractivity contribution >= 4 is 40.5 Å². The molecule has 1 aromatic carbocycles. The van der Waals surface area contributed by atoms with E-state index in [4.69, 9.17) is 0 Å². The van der Waals surface area contributed by atoms with Crippen molar-refractivity contribution < 1.29 is 23.9 Å². The number of nitrogens with zero attached hydrogens (tertiary/aromatic N) is 2. The Morgan fingerprint density at radius 2 is 1.78 bits per heavy atom. The largest absolute Gasteiger partial charge is 0.477 e. The summed E-state index contributed by atoms with van der Waals surface area (Å²) in [5.74, 6) is -1.97. The Labute approximate surface area is 219 Å². The third-order valence-corrected chi connectivity index (χ3v) is 7.85. The summed E-state index contributed by atoms with van der Waals surface area (Å²) in [7, 11) is 0. The predicted molar refractivity (Wildman–Crippen MR) is 143 cm³/mol. The number of aromatic nitrogens is 1. The van der Waals surface area contributed by atoms with E-state index in [1.807, 2.05) is 13.8 Å². The molecule has 0 unspecified atom stereocenters. The summed E-state index contributed by atoms with van der Waals surface area (Å²) >= 11 is 1.11. The van der Waals surface area contributed by atoms with Gasteiger partial charge in [-0.15, -0.1) is 11.3 Å². The maximum Gasteiger partial charge on any atom is 0.348 e. The van der Waals surface area contributed by atoms with Crippen molar-refractivity contribution in [1.29, 1.82) is 0 Å². The van der Waals surface area contributed by atoms with Crippen molar-refractivity contribution in [3.05, 3.63) is 65.0 Å². The van der Waals surface area contributed by atoms with Crippen LogP contribution in [0.25, 0.3) is 10.4 Å². The Bertz CT molecular complexity index is 1300. The molecule has 2 heterocycles. The van der Waals surface area contributed by atoms with Crippen LogP contribution >= 0.6 is 11.3 Å². The van der Waals surface area contributed by atoms with Crippen molar-refractivity contribution in [3.8, 4) is 10.4 Å². The number of carboxylic acids is 1.